The van der Waals surface area contributed by atoms with E-state index in [9.17, 15) is 9.59 Å². The summed E-state index contributed by atoms with van der Waals surface area (Å²) in [5.41, 5.74) is 0. The largest absolute Gasteiger partial charge is 0.453 e. The first kappa shape index (κ1) is 13.0. The van der Waals surface area contributed by atoms with E-state index in [0.717, 1.165) is 38.8 Å². The number of nitrogens with zero attached hydrogens (tertiary/aromatic N) is 2. The molecular formula is C12H21N3O3. The van der Waals surface area contributed by atoms with Crippen LogP contribution in [-0.4, -0.2) is 61.3 Å². The van der Waals surface area contributed by atoms with E-state index in [4.69, 9.17) is 4.74 Å². The Morgan fingerprint density at radius 2 is 1.78 bits per heavy atom. The van der Waals surface area contributed by atoms with Crippen molar-refractivity contribution in [1.82, 2.24) is 15.1 Å². The number of piperidine rings is 1. The topological polar surface area (TPSA) is 61.9 Å². The van der Waals surface area contributed by atoms with Gasteiger partial charge in [-0.05, 0) is 25.7 Å². The van der Waals surface area contributed by atoms with Crippen LogP contribution in [-0.2, 0) is 4.74 Å². The summed E-state index contributed by atoms with van der Waals surface area (Å²) in [4.78, 5) is 26.9. The lowest BCUT2D eigenvalue weighted by molar-refractivity contribution is 0.107. The van der Waals surface area contributed by atoms with E-state index >= 15 is 0 Å². The lowest BCUT2D eigenvalue weighted by Gasteiger charge is -2.33. The molecule has 3 amide bonds. The van der Waals surface area contributed by atoms with Crippen LogP contribution < -0.4 is 5.32 Å². The summed E-state index contributed by atoms with van der Waals surface area (Å²) in [6.07, 6.45) is 3.70. The number of likely N-dealkylation sites (tertiary alicyclic amines) is 2. The van der Waals surface area contributed by atoms with Crippen LogP contribution in [0.25, 0.3) is 0 Å². The molecular weight excluding hydrogens is 234 g/mol. The average molecular weight is 255 g/mol. The zero-order valence-electron chi connectivity index (χ0n) is 10.9. The van der Waals surface area contributed by atoms with E-state index in [2.05, 4.69) is 5.32 Å². The molecule has 0 radical (unpaired) electrons. The molecule has 0 aromatic carbocycles. The number of methoxy groups -OCH3 is 1. The third-order valence-corrected chi connectivity index (χ3v) is 3.58. The molecule has 1 unspecified atom stereocenters. The van der Waals surface area contributed by atoms with Gasteiger partial charge in [-0.1, -0.05) is 0 Å². The summed E-state index contributed by atoms with van der Waals surface area (Å²) >= 11 is 0. The highest BCUT2D eigenvalue weighted by molar-refractivity contribution is 5.75. The quantitative estimate of drug-likeness (QED) is 0.761. The summed E-state index contributed by atoms with van der Waals surface area (Å²) in [5, 5.41) is 3.01. The number of carbonyl (C=O) groups is 2. The molecule has 1 N–H and O–H groups in total. The molecule has 102 valence electrons. The SMILES string of the molecule is COC(=O)N1CCCC(NC(=O)N2CCCC2)C1. The van der Waals surface area contributed by atoms with Gasteiger partial charge in [-0.15, -0.1) is 0 Å². The normalized spacial score (nSPS) is 23.9. The molecule has 2 fully saturated rings. The van der Waals surface area contributed by atoms with Crippen LogP contribution in [0.15, 0.2) is 0 Å². The van der Waals surface area contributed by atoms with Crippen molar-refractivity contribution in [3.05, 3.63) is 0 Å². The number of rotatable bonds is 1. The molecule has 0 aromatic rings. The second kappa shape index (κ2) is 5.93. The molecule has 6 nitrogen and oxygen atoms in total. The minimum atomic E-state index is -0.310. The second-order valence-corrected chi connectivity index (χ2v) is 4.90. The Hall–Kier alpha value is -1.46. The zero-order chi connectivity index (χ0) is 13.0. The molecule has 0 bridgehead atoms. The number of amides is 3. The predicted octanol–water partition coefficient (Wildman–Crippen LogP) is 1.02. The van der Waals surface area contributed by atoms with Gasteiger partial charge < -0.3 is 19.9 Å². The molecule has 6 heteroatoms. The third kappa shape index (κ3) is 3.05. The molecule has 2 heterocycles. The molecule has 2 saturated heterocycles. The molecule has 18 heavy (non-hydrogen) atoms. The van der Waals surface area contributed by atoms with Crippen LogP contribution >= 0.6 is 0 Å². The number of ether oxygens (including phenoxy) is 1. The van der Waals surface area contributed by atoms with Crippen molar-refractivity contribution >= 4 is 12.1 Å². The lowest BCUT2D eigenvalue weighted by atomic mass is 10.1. The molecule has 1 atom stereocenters. The number of nitrogens with one attached hydrogen (secondary N) is 1. The van der Waals surface area contributed by atoms with E-state index < -0.39 is 0 Å². The van der Waals surface area contributed by atoms with Crippen LogP contribution in [0, 0.1) is 0 Å². The molecule has 0 saturated carbocycles. The minimum absolute atomic E-state index is 0.00390. The molecule has 2 aliphatic heterocycles. The summed E-state index contributed by atoms with van der Waals surface area (Å²) in [6, 6.07) is 0.0511. The Labute approximate surface area is 107 Å². The molecule has 2 aliphatic rings. The molecule has 0 spiro atoms. The fourth-order valence-corrected chi connectivity index (χ4v) is 2.58. The maximum atomic E-state index is 11.9. The molecule has 2 rings (SSSR count). The monoisotopic (exact) mass is 255 g/mol. The summed E-state index contributed by atoms with van der Waals surface area (Å²) in [6.45, 7) is 2.95. The van der Waals surface area contributed by atoms with E-state index in [1.165, 1.54) is 7.11 Å². The fraction of sp³-hybridized carbons (Fsp3) is 0.833. The number of carbonyl (C=O) groups excluding carboxylic acids is 2. The standard InChI is InChI=1S/C12H21N3O3/c1-18-12(17)15-8-4-5-10(9-15)13-11(16)14-6-2-3-7-14/h10H,2-9H2,1H3,(H,13,16). The lowest BCUT2D eigenvalue weighted by Crippen LogP contribution is -2.52. The molecule has 0 aromatic heterocycles. The summed E-state index contributed by atoms with van der Waals surface area (Å²) < 4.78 is 4.71. The molecule has 0 aliphatic carbocycles. The van der Waals surface area contributed by atoms with Crippen molar-refractivity contribution in [2.45, 2.75) is 31.7 Å². The van der Waals surface area contributed by atoms with Crippen molar-refractivity contribution in [1.29, 1.82) is 0 Å². The van der Waals surface area contributed by atoms with Crippen molar-refractivity contribution in [3.8, 4) is 0 Å². The van der Waals surface area contributed by atoms with Gasteiger partial charge in [0.05, 0.1) is 7.11 Å². The number of hydrogen-bond acceptors (Lipinski definition) is 3. The predicted molar refractivity (Wildman–Crippen MR) is 66.3 cm³/mol. The van der Waals surface area contributed by atoms with Crippen LogP contribution in [0.4, 0.5) is 9.59 Å². The van der Waals surface area contributed by atoms with Crippen molar-refractivity contribution < 1.29 is 14.3 Å². The van der Waals surface area contributed by atoms with Crippen LogP contribution in [0.5, 0.6) is 0 Å². The number of urea groups is 1. The smallest absolute Gasteiger partial charge is 0.409 e. The van der Waals surface area contributed by atoms with Crippen LogP contribution in [0.3, 0.4) is 0 Å². The first-order valence-corrected chi connectivity index (χ1v) is 6.59. The van der Waals surface area contributed by atoms with E-state index in [-0.39, 0.29) is 18.2 Å². The summed E-state index contributed by atoms with van der Waals surface area (Å²) in [7, 11) is 1.38. The highest BCUT2D eigenvalue weighted by atomic mass is 16.5. The highest BCUT2D eigenvalue weighted by Gasteiger charge is 2.27. The van der Waals surface area contributed by atoms with E-state index in [0.29, 0.717) is 13.1 Å². The minimum Gasteiger partial charge on any atom is -0.453 e. The van der Waals surface area contributed by atoms with Crippen molar-refractivity contribution in [2.24, 2.45) is 0 Å². The van der Waals surface area contributed by atoms with Crippen LogP contribution in [0.2, 0.25) is 0 Å². The number of hydrogen-bond donors (Lipinski definition) is 1. The van der Waals surface area contributed by atoms with Gasteiger partial charge in [0.15, 0.2) is 0 Å². The van der Waals surface area contributed by atoms with E-state index in [1.54, 1.807) is 4.90 Å². The Balaban J connectivity index is 1.81. The van der Waals surface area contributed by atoms with Gasteiger partial charge in [-0.25, -0.2) is 9.59 Å². The first-order valence-electron chi connectivity index (χ1n) is 6.59. The average Bonchev–Trinajstić information content (AvgIpc) is 2.92. The van der Waals surface area contributed by atoms with Crippen LogP contribution in [0.1, 0.15) is 25.7 Å². The van der Waals surface area contributed by atoms with Gasteiger partial charge in [0.1, 0.15) is 0 Å². The Bertz CT molecular complexity index is 316. The maximum Gasteiger partial charge on any atom is 0.409 e. The summed E-state index contributed by atoms with van der Waals surface area (Å²) in [5.74, 6) is 0. The van der Waals surface area contributed by atoms with Gasteiger partial charge in [0.25, 0.3) is 0 Å². The Kier molecular flexibility index (Phi) is 4.28. The zero-order valence-corrected chi connectivity index (χ0v) is 10.9. The van der Waals surface area contributed by atoms with Gasteiger partial charge in [-0.3, -0.25) is 0 Å². The van der Waals surface area contributed by atoms with Crippen molar-refractivity contribution in [2.75, 3.05) is 33.3 Å². The Morgan fingerprint density at radius 1 is 1.11 bits per heavy atom. The van der Waals surface area contributed by atoms with Crippen molar-refractivity contribution in [3.63, 3.8) is 0 Å². The highest BCUT2D eigenvalue weighted by Crippen LogP contribution is 2.13. The van der Waals surface area contributed by atoms with Gasteiger partial charge in [-0.2, -0.15) is 0 Å². The second-order valence-electron chi connectivity index (χ2n) is 4.90. The van der Waals surface area contributed by atoms with Gasteiger partial charge in [0.2, 0.25) is 0 Å². The van der Waals surface area contributed by atoms with Gasteiger partial charge in [0, 0.05) is 32.2 Å². The van der Waals surface area contributed by atoms with E-state index in [1.807, 2.05) is 4.90 Å². The fourth-order valence-electron chi connectivity index (χ4n) is 2.58. The maximum absolute atomic E-state index is 11.9. The third-order valence-electron chi connectivity index (χ3n) is 3.58. The Morgan fingerprint density at radius 3 is 2.44 bits per heavy atom. The van der Waals surface area contributed by atoms with Gasteiger partial charge >= 0.3 is 12.1 Å². The first-order chi connectivity index (χ1) is 8.70.